The van der Waals surface area contributed by atoms with Crippen LogP contribution in [-0.4, -0.2) is 9.97 Å². The van der Waals surface area contributed by atoms with Gasteiger partial charge in [-0.3, -0.25) is 0 Å². The maximum absolute atomic E-state index is 5.83. The topological polar surface area (TPSA) is 37.8 Å². The van der Waals surface area contributed by atoms with E-state index in [1.54, 1.807) is 23.9 Å². The summed E-state index contributed by atoms with van der Waals surface area (Å²) in [6, 6.07) is 5.84. The van der Waals surface area contributed by atoms with Crippen molar-refractivity contribution in [1.82, 2.24) is 15.3 Å². The van der Waals surface area contributed by atoms with E-state index in [1.165, 1.54) is 4.88 Å². The number of rotatable bonds is 4. The van der Waals surface area contributed by atoms with Crippen molar-refractivity contribution in [3.8, 4) is 0 Å². The molecule has 0 aliphatic heterocycles. The van der Waals surface area contributed by atoms with E-state index >= 15 is 0 Å². The molecule has 0 amide bonds. The Balaban J connectivity index is 1.80. The monoisotopic (exact) mass is 239 g/mol. The normalized spacial score (nSPS) is 10.5. The van der Waals surface area contributed by atoms with Crippen molar-refractivity contribution in [2.24, 2.45) is 0 Å². The molecule has 15 heavy (non-hydrogen) atoms. The smallest absolute Gasteiger partial charge is 0.115 e. The lowest BCUT2D eigenvalue weighted by molar-refractivity contribution is 0.684. The van der Waals surface area contributed by atoms with Gasteiger partial charge >= 0.3 is 0 Å². The molecule has 2 aromatic heterocycles. The van der Waals surface area contributed by atoms with E-state index in [1.807, 2.05) is 18.2 Å². The summed E-state index contributed by atoms with van der Waals surface area (Å²) in [6.45, 7) is 1.57. The Morgan fingerprint density at radius 1 is 1.27 bits per heavy atom. The van der Waals surface area contributed by atoms with E-state index in [-0.39, 0.29) is 0 Å². The predicted molar refractivity (Wildman–Crippen MR) is 61.9 cm³/mol. The molecule has 78 valence electrons. The maximum atomic E-state index is 5.83. The fourth-order valence-corrected chi connectivity index (χ4v) is 2.24. The molecule has 1 N–H and O–H groups in total. The van der Waals surface area contributed by atoms with Gasteiger partial charge in [0.05, 0.1) is 10.0 Å². The number of nitrogens with one attached hydrogen (secondary N) is 1. The molecule has 0 unspecified atom stereocenters. The molecule has 2 rings (SSSR count). The molecule has 2 aromatic rings. The summed E-state index contributed by atoms with van der Waals surface area (Å²) in [4.78, 5) is 9.21. The molecular formula is C10H10ClN3S. The standard InChI is InChI=1S/C10H10ClN3S/c11-10-2-1-9(15-10)6-13-5-8-3-4-12-7-14-8/h1-4,7,13H,5-6H2. The number of thiophene rings is 1. The Kier molecular flexibility index (Phi) is 3.66. The van der Waals surface area contributed by atoms with Gasteiger partial charge in [0.2, 0.25) is 0 Å². The first-order chi connectivity index (χ1) is 7.34. The molecule has 0 saturated carbocycles. The minimum Gasteiger partial charge on any atom is -0.306 e. The van der Waals surface area contributed by atoms with E-state index < -0.39 is 0 Å². The van der Waals surface area contributed by atoms with Gasteiger partial charge in [-0.2, -0.15) is 0 Å². The van der Waals surface area contributed by atoms with Crippen molar-refractivity contribution < 1.29 is 0 Å². The van der Waals surface area contributed by atoms with Gasteiger partial charge in [-0.1, -0.05) is 11.6 Å². The molecule has 5 heteroatoms. The summed E-state index contributed by atoms with van der Waals surface area (Å²) in [5.74, 6) is 0. The quantitative estimate of drug-likeness (QED) is 0.891. The van der Waals surface area contributed by atoms with Crippen molar-refractivity contribution in [2.75, 3.05) is 0 Å². The van der Waals surface area contributed by atoms with Crippen LogP contribution in [-0.2, 0) is 13.1 Å². The van der Waals surface area contributed by atoms with Crippen molar-refractivity contribution in [3.63, 3.8) is 0 Å². The highest BCUT2D eigenvalue weighted by Gasteiger charge is 1.97. The summed E-state index contributed by atoms with van der Waals surface area (Å²) < 4.78 is 0.828. The minimum absolute atomic E-state index is 0.748. The van der Waals surface area contributed by atoms with Gasteiger partial charge in [-0.25, -0.2) is 9.97 Å². The summed E-state index contributed by atoms with van der Waals surface area (Å²) in [7, 11) is 0. The van der Waals surface area contributed by atoms with Gasteiger partial charge in [0.1, 0.15) is 6.33 Å². The molecule has 0 aliphatic rings. The first-order valence-electron chi connectivity index (χ1n) is 4.54. The maximum Gasteiger partial charge on any atom is 0.115 e. The van der Waals surface area contributed by atoms with Crippen LogP contribution in [0.25, 0.3) is 0 Å². The molecule has 0 atom stereocenters. The van der Waals surface area contributed by atoms with Crippen LogP contribution < -0.4 is 5.32 Å². The van der Waals surface area contributed by atoms with Crippen LogP contribution in [0.3, 0.4) is 0 Å². The van der Waals surface area contributed by atoms with Gasteiger partial charge < -0.3 is 5.32 Å². The van der Waals surface area contributed by atoms with Crippen molar-refractivity contribution in [2.45, 2.75) is 13.1 Å². The molecule has 0 radical (unpaired) electrons. The van der Waals surface area contributed by atoms with Crippen LogP contribution in [0, 0.1) is 0 Å². The average Bonchev–Trinajstić information content (AvgIpc) is 2.66. The summed E-state index contributed by atoms with van der Waals surface area (Å²) >= 11 is 7.42. The zero-order valence-electron chi connectivity index (χ0n) is 7.98. The van der Waals surface area contributed by atoms with E-state index in [2.05, 4.69) is 15.3 Å². The summed E-state index contributed by atoms with van der Waals surface area (Å²) in [5.41, 5.74) is 0.993. The largest absolute Gasteiger partial charge is 0.306 e. The molecule has 0 aromatic carbocycles. The van der Waals surface area contributed by atoms with Crippen LogP contribution in [0.4, 0.5) is 0 Å². The Morgan fingerprint density at radius 2 is 2.20 bits per heavy atom. The van der Waals surface area contributed by atoms with E-state index in [4.69, 9.17) is 11.6 Å². The first kappa shape index (κ1) is 10.5. The molecule has 3 nitrogen and oxygen atoms in total. The molecule has 0 aliphatic carbocycles. The van der Waals surface area contributed by atoms with Gasteiger partial charge in [0, 0.05) is 24.2 Å². The molecule has 0 saturated heterocycles. The van der Waals surface area contributed by atoms with Crippen LogP contribution in [0.15, 0.2) is 30.7 Å². The first-order valence-corrected chi connectivity index (χ1v) is 5.74. The Bertz CT molecular complexity index is 416. The highest BCUT2D eigenvalue weighted by Crippen LogP contribution is 2.20. The van der Waals surface area contributed by atoms with Crippen LogP contribution in [0.1, 0.15) is 10.6 Å². The lowest BCUT2D eigenvalue weighted by Gasteiger charge is -2.01. The third-order valence-electron chi connectivity index (χ3n) is 1.88. The third-order valence-corrected chi connectivity index (χ3v) is 3.11. The molecule has 0 spiro atoms. The lowest BCUT2D eigenvalue weighted by Crippen LogP contribution is -2.12. The number of hydrogen-bond acceptors (Lipinski definition) is 4. The number of hydrogen-bond donors (Lipinski definition) is 1. The van der Waals surface area contributed by atoms with Crippen molar-refractivity contribution >= 4 is 22.9 Å². The van der Waals surface area contributed by atoms with E-state index in [0.717, 1.165) is 23.1 Å². The van der Waals surface area contributed by atoms with Crippen LogP contribution in [0.5, 0.6) is 0 Å². The fraction of sp³-hybridized carbons (Fsp3) is 0.200. The average molecular weight is 240 g/mol. The Labute approximate surface area is 97.2 Å². The second kappa shape index (κ2) is 5.21. The molecule has 2 heterocycles. The van der Waals surface area contributed by atoms with Crippen molar-refractivity contribution in [1.29, 1.82) is 0 Å². The third kappa shape index (κ3) is 3.27. The highest BCUT2D eigenvalue weighted by molar-refractivity contribution is 7.16. The summed E-state index contributed by atoms with van der Waals surface area (Å²) in [6.07, 6.45) is 3.30. The Hall–Kier alpha value is -0.970. The van der Waals surface area contributed by atoms with Gasteiger partial charge in [0.15, 0.2) is 0 Å². The second-order valence-electron chi connectivity index (χ2n) is 3.01. The van der Waals surface area contributed by atoms with E-state index in [9.17, 15) is 0 Å². The highest BCUT2D eigenvalue weighted by atomic mass is 35.5. The number of nitrogens with zero attached hydrogens (tertiary/aromatic N) is 2. The van der Waals surface area contributed by atoms with Gasteiger partial charge in [-0.05, 0) is 18.2 Å². The molecule has 0 fully saturated rings. The zero-order chi connectivity index (χ0) is 10.5. The fourth-order valence-electron chi connectivity index (χ4n) is 1.18. The SMILES string of the molecule is Clc1ccc(CNCc2ccncn2)s1. The second-order valence-corrected chi connectivity index (χ2v) is 4.81. The van der Waals surface area contributed by atoms with Gasteiger partial charge in [-0.15, -0.1) is 11.3 Å². The van der Waals surface area contributed by atoms with Crippen molar-refractivity contribution in [3.05, 3.63) is 45.6 Å². The Morgan fingerprint density at radius 3 is 2.87 bits per heavy atom. The number of halogens is 1. The summed E-state index contributed by atoms with van der Waals surface area (Å²) in [5, 5.41) is 3.29. The minimum atomic E-state index is 0.748. The number of aromatic nitrogens is 2. The van der Waals surface area contributed by atoms with Crippen LogP contribution in [0.2, 0.25) is 4.34 Å². The van der Waals surface area contributed by atoms with E-state index in [0.29, 0.717) is 0 Å². The molecule has 0 bridgehead atoms. The predicted octanol–water partition coefficient (Wildman–Crippen LogP) is 2.48. The molecular weight excluding hydrogens is 230 g/mol. The van der Waals surface area contributed by atoms with Crippen LogP contribution >= 0.6 is 22.9 Å². The lowest BCUT2D eigenvalue weighted by atomic mass is 10.4. The van der Waals surface area contributed by atoms with Gasteiger partial charge in [0.25, 0.3) is 0 Å². The zero-order valence-corrected chi connectivity index (χ0v) is 9.55.